The highest BCUT2D eigenvalue weighted by molar-refractivity contribution is 7.99. The maximum absolute atomic E-state index is 5.82. The maximum atomic E-state index is 5.82. The molecule has 2 rings (SSSR count). The van der Waals surface area contributed by atoms with E-state index in [0.29, 0.717) is 10.3 Å². The predicted molar refractivity (Wildman–Crippen MR) is 60.4 cm³/mol. The Labute approximate surface area is 97.3 Å². The van der Waals surface area contributed by atoms with E-state index in [9.17, 15) is 0 Å². The molecule has 0 aromatic carbocycles. The van der Waals surface area contributed by atoms with Crippen LogP contribution in [0.3, 0.4) is 0 Å². The first kappa shape index (κ1) is 10.9. The molecular weight excluding hydrogens is 224 g/mol. The lowest BCUT2D eigenvalue weighted by molar-refractivity contribution is 0.791. The zero-order valence-corrected chi connectivity index (χ0v) is 9.90. The van der Waals surface area contributed by atoms with Crippen molar-refractivity contribution in [2.45, 2.75) is 30.6 Å². The Bertz CT molecular complexity index is 494. The number of aromatic nitrogens is 5. The average Bonchev–Trinajstić information content (AvgIpc) is 2.60. The van der Waals surface area contributed by atoms with Crippen LogP contribution in [0.2, 0.25) is 0 Å². The van der Waals surface area contributed by atoms with Crippen LogP contribution in [-0.2, 0) is 6.42 Å². The van der Waals surface area contributed by atoms with Gasteiger partial charge in [0.05, 0.1) is 0 Å². The van der Waals surface area contributed by atoms with Crippen molar-refractivity contribution in [1.82, 2.24) is 24.8 Å². The van der Waals surface area contributed by atoms with Gasteiger partial charge in [-0.3, -0.25) is 0 Å². The Morgan fingerprint density at radius 1 is 1.44 bits per heavy atom. The number of rotatable bonds is 3. The van der Waals surface area contributed by atoms with Crippen molar-refractivity contribution in [2.75, 3.05) is 5.84 Å². The molecular formula is C9H12N6S. The molecule has 16 heavy (non-hydrogen) atoms. The van der Waals surface area contributed by atoms with Crippen molar-refractivity contribution in [2.24, 2.45) is 0 Å². The topological polar surface area (TPSA) is 82.5 Å². The van der Waals surface area contributed by atoms with E-state index in [-0.39, 0.29) is 0 Å². The fraction of sp³-hybridized carbons (Fsp3) is 0.333. The molecule has 0 aliphatic rings. The van der Waals surface area contributed by atoms with E-state index in [4.69, 9.17) is 5.84 Å². The van der Waals surface area contributed by atoms with Crippen molar-refractivity contribution in [3.63, 3.8) is 0 Å². The number of hydrogen-bond donors (Lipinski definition) is 1. The van der Waals surface area contributed by atoms with Gasteiger partial charge in [0.2, 0.25) is 5.16 Å². The fourth-order valence-electron chi connectivity index (χ4n) is 1.17. The van der Waals surface area contributed by atoms with Crippen LogP contribution in [0, 0.1) is 6.92 Å². The smallest absolute Gasteiger partial charge is 0.217 e. The molecule has 0 atom stereocenters. The second-order valence-electron chi connectivity index (χ2n) is 3.21. The quantitative estimate of drug-likeness (QED) is 0.627. The van der Waals surface area contributed by atoms with Crippen LogP contribution in [0.1, 0.15) is 18.4 Å². The first-order valence-electron chi connectivity index (χ1n) is 4.87. The second-order valence-corrected chi connectivity index (χ2v) is 4.14. The number of nitrogens with two attached hydrogens (primary N) is 1. The molecule has 0 radical (unpaired) electrons. The Morgan fingerprint density at radius 3 is 2.88 bits per heavy atom. The van der Waals surface area contributed by atoms with Crippen molar-refractivity contribution in [3.05, 3.63) is 23.8 Å². The lowest BCUT2D eigenvalue weighted by atomic mass is 10.5. The first-order valence-corrected chi connectivity index (χ1v) is 5.69. The van der Waals surface area contributed by atoms with Crippen molar-refractivity contribution in [1.29, 1.82) is 0 Å². The summed E-state index contributed by atoms with van der Waals surface area (Å²) in [6, 6.07) is 1.84. The van der Waals surface area contributed by atoms with Crippen LogP contribution >= 0.6 is 11.8 Å². The third kappa shape index (κ3) is 2.13. The van der Waals surface area contributed by atoms with Gasteiger partial charge in [-0.25, -0.2) is 14.6 Å². The van der Waals surface area contributed by atoms with Gasteiger partial charge < -0.3 is 5.84 Å². The van der Waals surface area contributed by atoms with E-state index in [1.54, 1.807) is 6.20 Å². The van der Waals surface area contributed by atoms with Gasteiger partial charge in [-0.2, -0.15) is 0 Å². The standard InChI is InChI=1S/C9H12N6S/c1-3-7-13-14-9(15(7)10)16-8-11-5-4-6(2)12-8/h4-5H,3,10H2,1-2H3. The zero-order valence-electron chi connectivity index (χ0n) is 9.08. The fourth-order valence-corrected chi connectivity index (χ4v) is 1.93. The third-order valence-electron chi connectivity index (χ3n) is 2.01. The summed E-state index contributed by atoms with van der Waals surface area (Å²) in [5, 5.41) is 9.17. The normalized spacial score (nSPS) is 10.6. The molecule has 0 aliphatic heterocycles. The number of nitrogen functional groups attached to an aromatic ring is 1. The second kappa shape index (κ2) is 4.48. The van der Waals surface area contributed by atoms with Crippen molar-refractivity contribution < 1.29 is 0 Å². The molecule has 6 nitrogen and oxygen atoms in total. The molecule has 2 aromatic heterocycles. The Morgan fingerprint density at radius 2 is 2.25 bits per heavy atom. The number of nitrogens with zero attached hydrogens (tertiary/aromatic N) is 5. The largest absolute Gasteiger partial charge is 0.336 e. The molecule has 0 amide bonds. The van der Waals surface area contributed by atoms with Gasteiger partial charge in [-0.05, 0) is 24.8 Å². The van der Waals surface area contributed by atoms with Gasteiger partial charge >= 0.3 is 0 Å². The van der Waals surface area contributed by atoms with E-state index in [0.717, 1.165) is 17.9 Å². The monoisotopic (exact) mass is 236 g/mol. The molecule has 2 N–H and O–H groups in total. The minimum Gasteiger partial charge on any atom is -0.336 e. The molecule has 0 unspecified atom stereocenters. The van der Waals surface area contributed by atoms with Crippen LogP contribution in [0.5, 0.6) is 0 Å². The average molecular weight is 236 g/mol. The summed E-state index contributed by atoms with van der Waals surface area (Å²) in [6.45, 7) is 3.89. The van der Waals surface area contributed by atoms with Gasteiger partial charge in [-0.1, -0.05) is 6.92 Å². The summed E-state index contributed by atoms with van der Waals surface area (Å²) in [5.41, 5.74) is 0.913. The van der Waals surface area contributed by atoms with E-state index < -0.39 is 0 Å². The first-order chi connectivity index (χ1) is 7.70. The van der Waals surface area contributed by atoms with E-state index in [1.165, 1.54) is 16.4 Å². The van der Waals surface area contributed by atoms with Crippen molar-refractivity contribution in [3.8, 4) is 0 Å². The van der Waals surface area contributed by atoms with Crippen LogP contribution < -0.4 is 5.84 Å². The Balaban J connectivity index is 2.24. The highest BCUT2D eigenvalue weighted by Crippen LogP contribution is 2.21. The molecule has 0 aliphatic carbocycles. The zero-order chi connectivity index (χ0) is 11.5. The summed E-state index contributed by atoms with van der Waals surface area (Å²) >= 11 is 1.31. The third-order valence-corrected chi connectivity index (χ3v) is 2.85. The minimum absolute atomic E-state index is 0.599. The van der Waals surface area contributed by atoms with Crippen LogP contribution in [-0.4, -0.2) is 24.8 Å². The summed E-state index contributed by atoms with van der Waals surface area (Å²) in [6.07, 6.45) is 2.46. The summed E-state index contributed by atoms with van der Waals surface area (Å²) < 4.78 is 1.47. The predicted octanol–water partition coefficient (Wildman–Crippen LogP) is 0.804. The van der Waals surface area contributed by atoms with Crippen LogP contribution in [0.15, 0.2) is 22.6 Å². The van der Waals surface area contributed by atoms with E-state index in [2.05, 4.69) is 20.2 Å². The van der Waals surface area contributed by atoms with E-state index in [1.807, 2.05) is 19.9 Å². The molecule has 0 bridgehead atoms. The molecule has 2 heterocycles. The van der Waals surface area contributed by atoms with Gasteiger partial charge in [0, 0.05) is 18.3 Å². The summed E-state index contributed by atoms with van der Waals surface area (Å²) in [4.78, 5) is 8.39. The van der Waals surface area contributed by atoms with Gasteiger partial charge in [-0.15, -0.1) is 10.2 Å². The summed E-state index contributed by atoms with van der Waals surface area (Å²) in [5.74, 6) is 6.56. The van der Waals surface area contributed by atoms with Crippen LogP contribution in [0.25, 0.3) is 0 Å². The van der Waals surface area contributed by atoms with Crippen molar-refractivity contribution >= 4 is 11.8 Å². The molecule has 0 saturated carbocycles. The maximum Gasteiger partial charge on any atom is 0.217 e. The molecule has 0 saturated heterocycles. The molecule has 7 heteroatoms. The van der Waals surface area contributed by atoms with Gasteiger partial charge in [0.15, 0.2) is 11.0 Å². The van der Waals surface area contributed by atoms with E-state index >= 15 is 0 Å². The van der Waals surface area contributed by atoms with Gasteiger partial charge in [0.1, 0.15) is 0 Å². The summed E-state index contributed by atoms with van der Waals surface area (Å²) in [7, 11) is 0. The molecule has 0 fully saturated rings. The highest BCUT2D eigenvalue weighted by atomic mass is 32.2. The Hall–Kier alpha value is -1.63. The lowest BCUT2D eigenvalue weighted by Crippen LogP contribution is -2.13. The molecule has 2 aromatic rings. The SMILES string of the molecule is CCc1nnc(Sc2nccc(C)n2)n1N. The Kier molecular flexibility index (Phi) is 3.04. The molecule has 84 valence electrons. The number of aryl methyl sites for hydroxylation is 2. The highest BCUT2D eigenvalue weighted by Gasteiger charge is 2.10. The minimum atomic E-state index is 0.599. The van der Waals surface area contributed by atoms with Gasteiger partial charge in [0.25, 0.3) is 0 Å². The lowest BCUT2D eigenvalue weighted by Gasteiger charge is -2.01. The number of hydrogen-bond acceptors (Lipinski definition) is 6. The van der Waals surface area contributed by atoms with Crippen LogP contribution in [0.4, 0.5) is 0 Å². The molecule has 0 spiro atoms.